The van der Waals surface area contributed by atoms with Gasteiger partial charge in [-0.2, -0.15) is 10.2 Å². The molecule has 1 aromatic heterocycles. The molecule has 0 saturated heterocycles. The van der Waals surface area contributed by atoms with Gasteiger partial charge in [-0.1, -0.05) is 37.3 Å². The summed E-state index contributed by atoms with van der Waals surface area (Å²) in [5, 5.41) is 20.0. The van der Waals surface area contributed by atoms with E-state index in [1.807, 2.05) is 6.07 Å². The van der Waals surface area contributed by atoms with E-state index in [-0.39, 0.29) is 12.5 Å². The number of nitrogens with one attached hydrogen (secondary N) is 1. The first-order valence-corrected chi connectivity index (χ1v) is 7.36. The molecule has 6 heteroatoms. The first-order valence-electron chi connectivity index (χ1n) is 7.36. The number of aryl methyl sites for hydroxylation is 1. The number of carboxylic acid groups (broad SMARTS) is 1. The van der Waals surface area contributed by atoms with Crippen LogP contribution in [0.1, 0.15) is 35.0 Å². The monoisotopic (exact) mass is 313 g/mol. The third-order valence-corrected chi connectivity index (χ3v) is 3.93. The van der Waals surface area contributed by atoms with Gasteiger partial charge >= 0.3 is 5.97 Å². The fourth-order valence-electron chi connectivity index (χ4n) is 2.47. The van der Waals surface area contributed by atoms with Crippen molar-refractivity contribution in [3.05, 3.63) is 59.4 Å². The number of hydrogen-bond donors (Lipinski definition) is 2. The molecule has 1 atom stereocenters. The summed E-state index contributed by atoms with van der Waals surface area (Å²) in [6, 6.07) is 10.6. The van der Waals surface area contributed by atoms with E-state index in [0.29, 0.717) is 23.2 Å². The zero-order valence-corrected chi connectivity index (χ0v) is 13.1. The van der Waals surface area contributed by atoms with E-state index in [1.165, 1.54) is 6.20 Å². The maximum atomic E-state index is 12.2. The van der Waals surface area contributed by atoms with Crippen molar-refractivity contribution in [3.8, 4) is 0 Å². The third kappa shape index (κ3) is 3.53. The zero-order chi connectivity index (χ0) is 16.9. The molecule has 2 aromatic rings. The van der Waals surface area contributed by atoms with Crippen LogP contribution in [0.4, 0.5) is 0 Å². The number of carboxylic acids is 1. The van der Waals surface area contributed by atoms with E-state index in [4.69, 9.17) is 0 Å². The summed E-state index contributed by atoms with van der Waals surface area (Å²) in [6.07, 6.45) is 1.72. The van der Waals surface area contributed by atoms with Crippen LogP contribution < -0.4 is 5.32 Å². The molecule has 120 valence electrons. The highest BCUT2D eigenvalue weighted by atomic mass is 16.4. The van der Waals surface area contributed by atoms with Gasteiger partial charge in [-0.05, 0) is 25.0 Å². The Hall–Kier alpha value is -2.76. The highest BCUT2D eigenvalue weighted by Crippen LogP contribution is 2.28. The standard InChI is InChI=1S/C17H19N3O3/c1-3-17(16(22)23,14-7-5-4-6-8-14)11-18-15(21)13-9-12(2)20-19-10-13/h4-10H,3,11H2,1-2H3,(H,18,21)(H,22,23). The lowest BCUT2D eigenvalue weighted by Crippen LogP contribution is -2.46. The average molecular weight is 313 g/mol. The average Bonchev–Trinajstić information content (AvgIpc) is 2.56. The Bertz CT molecular complexity index is 703. The van der Waals surface area contributed by atoms with Crippen LogP contribution in [0.5, 0.6) is 0 Å². The molecule has 0 bridgehead atoms. The minimum atomic E-state index is -1.16. The largest absolute Gasteiger partial charge is 0.481 e. The molecule has 0 fully saturated rings. The van der Waals surface area contributed by atoms with Crippen LogP contribution in [0, 0.1) is 6.92 Å². The molecule has 0 spiro atoms. The molecule has 1 aromatic carbocycles. The summed E-state index contributed by atoms with van der Waals surface area (Å²) in [5.74, 6) is -1.33. The molecule has 1 heterocycles. The number of rotatable bonds is 6. The predicted molar refractivity (Wildman–Crippen MR) is 85.1 cm³/mol. The summed E-state index contributed by atoms with van der Waals surface area (Å²) >= 11 is 0. The van der Waals surface area contributed by atoms with Crippen molar-refractivity contribution >= 4 is 11.9 Å². The summed E-state index contributed by atoms with van der Waals surface area (Å²) in [4.78, 5) is 24.1. The lowest BCUT2D eigenvalue weighted by Gasteiger charge is -2.29. The van der Waals surface area contributed by atoms with Gasteiger partial charge in [0, 0.05) is 6.54 Å². The van der Waals surface area contributed by atoms with Gasteiger partial charge in [0.25, 0.3) is 5.91 Å². The smallest absolute Gasteiger partial charge is 0.315 e. The van der Waals surface area contributed by atoms with Crippen LogP contribution in [0.3, 0.4) is 0 Å². The summed E-state index contributed by atoms with van der Waals surface area (Å²) in [6.45, 7) is 3.54. The molecule has 1 amide bonds. The molecule has 2 N–H and O–H groups in total. The molecule has 0 saturated carbocycles. The van der Waals surface area contributed by atoms with Crippen LogP contribution >= 0.6 is 0 Å². The molecule has 0 radical (unpaired) electrons. The highest BCUT2D eigenvalue weighted by Gasteiger charge is 2.39. The summed E-state index contributed by atoms with van der Waals surface area (Å²) < 4.78 is 0. The Morgan fingerprint density at radius 3 is 2.52 bits per heavy atom. The molecule has 1 unspecified atom stereocenters. The van der Waals surface area contributed by atoms with Crippen molar-refractivity contribution in [2.75, 3.05) is 6.54 Å². The van der Waals surface area contributed by atoms with Gasteiger partial charge in [0.2, 0.25) is 0 Å². The van der Waals surface area contributed by atoms with Gasteiger partial charge in [0.05, 0.1) is 17.5 Å². The Morgan fingerprint density at radius 1 is 1.26 bits per heavy atom. The van der Waals surface area contributed by atoms with Crippen LogP contribution in [0.2, 0.25) is 0 Å². The van der Waals surface area contributed by atoms with E-state index in [0.717, 1.165) is 0 Å². The quantitative estimate of drug-likeness (QED) is 0.850. The number of benzene rings is 1. The Balaban J connectivity index is 2.23. The number of nitrogens with zero attached hydrogens (tertiary/aromatic N) is 2. The Morgan fingerprint density at radius 2 is 1.96 bits per heavy atom. The first-order chi connectivity index (χ1) is 11.0. The number of hydrogen-bond acceptors (Lipinski definition) is 4. The Labute approximate surface area is 134 Å². The second-order valence-corrected chi connectivity index (χ2v) is 5.38. The number of carbonyl (C=O) groups is 2. The number of aliphatic carboxylic acids is 1. The van der Waals surface area contributed by atoms with E-state index in [1.54, 1.807) is 44.2 Å². The fourth-order valence-corrected chi connectivity index (χ4v) is 2.47. The molecule has 0 aliphatic carbocycles. The van der Waals surface area contributed by atoms with Crippen LogP contribution in [0.25, 0.3) is 0 Å². The lowest BCUT2D eigenvalue weighted by atomic mass is 9.78. The van der Waals surface area contributed by atoms with E-state index >= 15 is 0 Å². The van der Waals surface area contributed by atoms with E-state index < -0.39 is 11.4 Å². The lowest BCUT2D eigenvalue weighted by molar-refractivity contribution is -0.143. The number of amides is 1. The van der Waals surface area contributed by atoms with Crippen molar-refractivity contribution in [2.24, 2.45) is 0 Å². The van der Waals surface area contributed by atoms with Crippen LogP contribution in [0.15, 0.2) is 42.6 Å². The van der Waals surface area contributed by atoms with Crippen LogP contribution in [-0.2, 0) is 10.2 Å². The predicted octanol–water partition coefficient (Wildman–Crippen LogP) is 1.95. The molecule has 0 aliphatic heterocycles. The maximum absolute atomic E-state index is 12.2. The van der Waals surface area contributed by atoms with Crippen molar-refractivity contribution in [2.45, 2.75) is 25.7 Å². The Kier molecular flexibility index (Phi) is 5.05. The highest BCUT2D eigenvalue weighted by molar-refractivity contribution is 5.94. The van der Waals surface area contributed by atoms with Crippen molar-refractivity contribution in [3.63, 3.8) is 0 Å². The fraction of sp³-hybridized carbons (Fsp3) is 0.294. The van der Waals surface area contributed by atoms with Crippen molar-refractivity contribution < 1.29 is 14.7 Å². The number of carbonyl (C=O) groups excluding carboxylic acids is 1. The zero-order valence-electron chi connectivity index (χ0n) is 13.1. The van der Waals surface area contributed by atoms with E-state index in [9.17, 15) is 14.7 Å². The first kappa shape index (κ1) is 16.6. The molecule has 6 nitrogen and oxygen atoms in total. The van der Waals surface area contributed by atoms with Crippen LogP contribution in [-0.4, -0.2) is 33.7 Å². The van der Waals surface area contributed by atoms with Gasteiger partial charge in [-0.3, -0.25) is 9.59 Å². The van der Waals surface area contributed by atoms with Gasteiger partial charge in [0.1, 0.15) is 5.41 Å². The SMILES string of the molecule is CCC(CNC(=O)c1cnnc(C)c1)(C(=O)O)c1ccccc1. The van der Waals surface area contributed by atoms with Gasteiger partial charge in [-0.15, -0.1) is 0 Å². The molecular weight excluding hydrogens is 294 g/mol. The topological polar surface area (TPSA) is 92.2 Å². The summed E-state index contributed by atoms with van der Waals surface area (Å²) in [7, 11) is 0. The maximum Gasteiger partial charge on any atom is 0.315 e. The van der Waals surface area contributed by atoms with E-state index in [2.05, 4.69) is 15.5 Å². The second kappa shape index (κ2) is 7.00. The second-order valence-electron chi connectivity index (χ2n) is 5.38. The normalized spacial score (nSPS) is 13.1. The van der Waals surface area contributed by atoms with Gasteiger partial charge in [0.15, 0.2) is 0 Å². The van der Waals surface area contributed by atoms with Crippen molar-refractivity contribution in [1.29, 1.82) is 0 Å². The number of aromatic nitrogens is 2. The summed E-state index contributed by atoms with van der Waals surface area (Å²) in [5.41, 5.74) is 0.493. The van der Waals surface area contributed by atoms with Gasteiger partial charge in [-0.25, -0.2) is 0 Å². The minimum absolute atomic E-state index is 0.00303. The molecule has 23 heavy (non-hydrogen) atoms. The molecule has 2 rings (SSSR count). The third-order valence-electron chi connectivity index (χ3n) is 3.93. The molecular formula is C17H19N3O3. The minimum Gasteiger partial charge on any atom is -0.481 e. The van der Waals surface area contributed by atoms with Gasteiger partial charge < -0.3 is 10.4 Å². The molecule has 0 aliphatic rings. The van der Waals surface area contributed by atoms with Crippen molar-refractivity contribution in [1.82, 2.24) is 15.5 Å².